The molecule has 0 aliphatic carbocycles. The molecule has 0 saturated heterocycles. The molecule has 6 nitrogen and oxygen atoms in total. The summed E-state index contributed by atoms with van der Waals surface area (Å²) in [6, 6.07) is 3.16. The van der Waals surface area contributed by atoms with Crippen molar-refractivity contribution in [1.82, 2.24) is 4.72 Å². The summed E-state index contributed by atoms with van der Waals surface area (Å²) in [5.41, 5.74) is 7.00. The van der Waals surface area contributed by atoms with E-state index >= 15 is 0 Å². The number of benzene rings is 1. The third kappa shape index (κ3) is 3.41. The Morgan fingerprint density at radius 1 is 1.50 bits per heavy atom. The Labute approximate surface area is 119 Å². The van der Waals surface area contributed by atoms with Crippen LogP contribution < -0.4 is 15.2 Å². The van der Waals surface area contributed by atoms with E-state index in [1.54, 1.807) is 13.0 Å². The number of aryl methyl sites for hydroxylation is 1. The van der Waals surface area contributed by atoms with E-state index in [9.17, 15) is 13.5 Å². The number of aliphatic hydroxyl groups excluding tert-OH is 1. The average Bonchev–Trinajstić information content (AvgIpc) is 2.37. The fourth-order valence-corrected chi connectivity index (χ4v) is 3.42. The maximum atomic E-state index is 12.3. The molecular formula is C13H20N2O4S. The van der Waals surface area contributed by atoms with Crippen molar-refractivity contribution < 1.29 is 18.3 Å². The van der Waals surface area contributed by atoms with Crippen molar-refractivity contribution >= 4 is 15.7 Å². The molecule has 112 valence electrons. The number of aliphatic hydroxyl groups is 1. The summed E-state index contributed by atoms with van der Waals surface area (Å²) in [7, 11) is -3.69. The van der Waals surface area contributed by atoms with E-state index < -0.39 is 16.1 Å². The molecule has 0 bridgehead atoms. The number of ether oxygens (including phenoxy) is 1. The van der Waals surface area contributed by atoms with Gasteiger partial charge in [-0.1, -0.05) is 0 Å². The molecule has 1 unspecified atom stereocenters. The van der Waals surface area contributed by atoms with Crippen LogP contribution in [0.5, 0.6) is 5.75 Å². The first kappa shape index (κ1) is 15.1. The van der Waals surface area contributed by atoms with Crippen molar-refractivity contribution in [2.24, 2.45) is 0 Å². The van der Waals surface area contributed by atoms with Gasteiger partial charge in [0.25, 0.3) is 0 Å². The van der Waals surface area contributed by atoms with Gasteiger partial charge in [0.2, 0.25) is 10.0 Å². The van der Waals surface area contributed by atoms with Crippen LogP contribution in [0.4, 0.5) is 5.69 Å². The smallest absolute Gasteiger partial charge is 0.244 e. The predicted molar refractivity (Wildman–Crippen MR) is 76.2 cm³/mol. The highest BCUT2D eigenvalue weighted by Crippen LogP contribution is 2.34. The Morgan fingerprint density at radius 3 is 2.95 bits per heavy atom. The summed E-state index contributed by atoms with van der Waals surface area (Å²) >= 11 is 0. The molecule has 20 heavy (non-hydrogen) atoms. The molecule has 0 amide bonds. The number of hydrogen-bond acceptors (Lipinski definition) is 5. The second kappa shape index (κ2) is 5.99. The highest BCUT2D eigenvalue weighted by Gasteiger charge is 2.24. The summed E-state index contributed by atoms with van der Waals surface area (Å²) in [6.45, 7) is 2.29. The Hall–Kier alpha value is -1.31. The molecule has 1 aliphatic heterocycles. The second-order valence-electron chi connectivity index (χ2n) is 4.99. The molecule has 0 saturated carbocycles. The SMILES string of the molecule is CC(O)CCNS(=O)(=O)c1cc(N)cc2c1OCCC2. The predicted octanol–water partition coefficient (Wildman–Crippen LogP) is 0.643. The minimum atomic E-state index is -3.69. The van der Waals surface area contributed by atoms with Crippen molar-refractivity contribution in [3.8, 4) is 5.75 Å². The Bertz CT molecular complexity index is 584. The molecule has 1 aromatic carbocycles. The Balaban J connectivity index is 2.29. The maximum absolute atomic E-state index is 12.3. The van der Waals surface area contributed by atoms with Gasteiger partial charge in [-0.2, -0.15) is 0 Å². The third-order valence-electron chi connectivity index (χ3n) is 3.13. The highest BCUT2D eigenvalue weighted by atomic mass is 32.2. The van der Waals surface area contributed by atoms with Gasteiger partial charge >= 0.3 is 0 Å². The van der Waals surface area contributed by atoms with Gasteiger partial charge in [0.05, 0.1) is 12.7 Å². The molecule has 1 aliphatic rings. The van der Waals surface area contributed by atoms with Crippen LogP contribution in [0.1, 0.15) is 25.3 Å². The van der Waals surface area contributed by atoms with Crippen LogP contribution in [0.15, 0.2) is 17.0 Å². The largest absolute Gasteiger partial charge is 0.492 e. The zero-order valence-electron chi connectivity index (χ0n) is 11.4. The van der Waals surface area contributed by atoms with Gasteiger partial charge in [-0.3, -0.25) is 0 Å². The molecule has 1 aromatic rings. The Morgan fingerprint density at radius 2 is 2.25 bits per heavy atom. The normalized spacial score (nSPS) is 16.3. The van der Waals surface area contributed by atoms with Crippen LogP contribution in [0.3, 0.4) is 0 Å². The fraction of sp³-hybridized carbons (Fsp3) is 0.538. The van der Waals surface area contributed by atoms with Gasteiger partial charge in [-0.15, -0.1) is 0 Å². The Kier molecular flexibility index (Phi) is 4.52. The summed E-state index contributed by atoms with van der Waals surface area (Å²) < 4.78 is 32.6. The molecule has 0 spiro atoms. The van der Waals surface area contributed by atoms with E-state index in [-0.39, 0.29) is 11.4 Å². The van der Waals surface area contributed by atoms with Crippen LogP contribution in [-0.4, -0.2) is 32.8 Å². The van der Waals surface area contributed by atoms with Crippen molar-refractivity contribution in [2.75, 3.05) is 18.9 Å². The van der Waals surface area contributed by atoms with Crippen molar-refractivity contribution in [3.63, 3.8) is 0 Å². The van der Waals surface area contributed by atoms with E-state index in [4.69, 9.17) is 10.5 Å². The van der Waals surface area contributed by atoms with E-state index in [0.29, 0.717) is 24.5 Å². The molecule has 2 rings (SSSR count). The number of nitrogens with one attached hydrogen (secondary N) is 1. The molecular weight excluding hydrogens is 280 g/mol. The lowest BCUT2D eigenvalue weighted by Crippen LogP contribution is -2.28. The average molecular weight is 300 g/mol. The lowest BCUT2D eigenvalue weighted by molar-refractivity contribution is 0.186. The zero-order chi connectivity index (χ0) is 14.8. The summed E-state index contributed by atoms with van der Waals surface area (Å²) in [5, 5.41) is 9.18. The molecule has 0 aromatic heterocycles. The molecule has 0 fully saturated rings. The van der Waals surface area contributed by atoms with Crippen LogP contribution in [0, 0.1) is 0 Å². The molecule has 1 heterocycles. The summed E-state index contributed by atoms with van der Waals surface area (Å²) in [5.74, 6) is 0.398. The minimum Gasteiger partial charge on any atom is -0.492 e. The number of fused-ring (bicyclic) bond motifs is 1. The number of rotatable bonds is 5. The van der Waals surface area contributed by atoms with Gasteiger partial charge < -0.3 is 15.6 Å². The standard InChI is InChI=1S/C13H20N2O4S/c1-9(16)4-5-15-20(17,18)12-8-11(14)7-10-3-2-6-19-13(10)12/h7-9,15-16H,2-6,14H2,1H3. The fourth-order valence-electron chi connectivity index (χ4n) is 2.15. The van der Waals surface area contributed by atoms with Crippen LogP contribution in [-0.2, 0) is 16.4 Å². The number of hydrogen-bond donors (Lipinski definition) is 3. The monoisotopic (exact) mass is 300 g/mol. The first-order valence-corrected chi connectivity index (χ1v) is 8.11. The van der Waals surface area contributed by atoms with Crippen molar-refractivity contribution in [3.05, 3.63) is 17.7 Å². The van der Waals surface area contributed by atoms with Crippen molar-refractivity contribution in [1.29, 1.82) is 0 Å². The first-order valence-electron chi connectivity index (χ1n) is 6.63. The van der Waals surface area contributed by atoms with Crippen LogP contribution >= 0.6 is 0 Å². The zero-order valence-corrected chi connectivity index (χ0v) is 12.2. The van der Waals surface area contributed by atoms with Crippen LogP contribution in [0.25, 0.3) is 0 Å². The minimum absolute atomic E-state index is 0.0813. The lowest BCUT2D eigenvalue weighted by Gasteiger charge is -2.21. The number of nitrogen functional groups attached to an aromatic ring is 1. The summed E-state index contributed by atoms with van der Waals surface area (Å²) in [6.07, 6.45) is 1.41. The van der Waals surface area contributed by atoms with E-state index in [1.807, 2.05) is 0 Å². The topological polar surface area (TPSA) is 102 Å². The first-order chi connectivity index (χ1) is 9.40. The van der Waals surface area contributed by atoms with E-state index in [0.717, 1.165) is 18.4 Å². The lowest BCUT2D eigenvalue weighted by atomic mass is 10.1. The quantitative estimate of drug-likeness (QED) is 0.693. The molecule has 0 radical (unpaired) electrons. The van der Waals surface area contributed by atoms with Gasteiger partial charge in [-0.05, 0) is 43.9 Å². The van der Waals surface area contributed by atoms with Gasteiger partial charge in [0.15, 0.2) is 0 Å². The number of nitrogens with two attached hydrogens (primary N) is 1. The summed E-state index contributed by atoms with van der Waals surface area (Å²) in [4.78, 5) is 0.0813. The number of sulfonamides is 1. The van der Waals surface area contributed by atoms with Crippen LogP contribution in [0.2, 0.25) is 0 Å². The highest BCUT2D eigenvalue weighted by molar-refractivity contribution is 7.89. The van der Waals surface area contributed by atoms with Gasteiger partial charge in [0, 0.05) is 12.2 Å². The molecule has 7 heteroatoms. The van der Waals surface area contributed by atoms with Gasteiger partial charge in [0.1, 0.15) is 10.6 Å². The molecule has 1 atom stereocenters. The van der Waals surface area contributed by atoms with Crippen molar-refractivity contribution in [2.45, 2.75) is 37.2 Å². The van der Waals surface area contributed by atoms with E-state index in [2.05, 4.69) is 4.72 Å². The van der Waals surface area contributed by atoms with E-state index in [1.165, 1.54) is 6.07 Å². The van der Waals surface area contributed by atoms with Gasteiger partial charge in [-0.25, -0.2) is 13.1 Å². The number of anilines is 1. The molecule has 4 N–H and O–H groups in total. The second-order valence-corrected chi connectivity index (χ2v) is 6.73. The third-order valence-corrected chi connectivity index (χ3v) is 4.60. The maximum Gasteiger partial charge on any atom is 0.244 e.